The van der Waals surface area contributed by atoms with Crippen LogP contribution in [0.5, 0.6) is 0 Å². The zero-order chi connectivity index (χ0) is 21.4. The van der Waals surface area contributed by atoms with Gasteiger partial charge in [-0.2, -0.15) is 0 Å². The van der Waals surface area contributed by atoms with E-state index in [4.69, 9.17) is 0 Å². The van der Waals surface area contributed by atoms with E-state index in [0.717, 1.165) is 22.4 Å². The average Bonchev–Trinajstić information content (AvgIpc) is 2.70. The molecular weight excluding hydrogens is 366 g/mol. The highest BCUT2D eigenvalue weighted by Crippen LogP contribution is 2.17. The number of carbonyl (C=O) groups is 3. The first kappa shape index (κ1) is 21.9. The van der Waals surface area contributed by atoms with Gasteiger partial charge in [-0.25, -0.2) is 0 Å². The average molecular weight is 393 g/mol. The lowest BCUT2D eigenvalue weighted by molar-refractivity contribution is -0.136. The molecule has 0 heterocycles. The summed E-state index contributed by atoms with van der Waals surface area (Å²) in [6, 6.07) is 14.3. The Morgan fingerprint density at radius 2 is 1.72 bits per heavy atom. The van der Waals surface area contributed by atoms with E-state index in [-0.39, 0.29) is 24.3 Å². The minimum atomic E-state index is -0.749. The van der Waals surface area contributed by atoms with E-state index in [2.05, 4.69) is 10.6 Å². The molecule has 2 N–H and O–H groups in total. The summed E-state index contributed by atoms with van der Waals surface area (Å²) in [5.41, 5.74) is 3.68. The summed E-state index contributed by atoms with van der Waals surface area (Å²) in [7, 11) is 1.54. The van der Waals surface area contributed by atoms with E-state index in [1.54, 1.807) is 13.0 Å². The van der Waals surface area contributed by atoms with Crippen LogP contribution in [0.25, 0.3) is 6.08 Å². The van der Waals surface area contributed by atoms with Crippen LogP contribution in [0.2, 0.25) is 0 Å². The van der Waals surface area contributed by atoms with Crippen LogP contribution in [0.15, 0.2) is 54.6 Å². The van der Waals surface area contributed by atoms with E-state index in [9.17, 15) is 14.4 Å². The van der Waals surface area contributed by atoms with Crippen LogP contribution in [-0.4, -0.2) is 42.3 Å². The molecule has 0 aromatic heterocycles. The number of aryl methyl sites for hydroxylation is 1. The second-order valence-corrected chi connectivity index (χ2v) is 6.96. The third-order valence-electron chi connectivity index (χ3n) is 4.59. The standard InChI is InChI=1S/C23H27N3O3/c1-16-9-8-12-20(17(16)2)25-22(28)15-26(4)23(29)18(3)24-21(27)14-13-19-10-6-5-7-11-19/h5-14,18H,15H2,1-4H3,(H,24,27)(H,25,28)/b14-13+. The SMILES string of the molecule is Cc1cccc(NC(=O)CN(C)C(=O)C(C)NC(=O)/C=C/c2ccccc2)c1C. The maximum absolute atomic E-state index is 12.5. The van der Waals surface area contributed by atoms with Gasteiger partial charge in [-0.3, -0.25) is 14.4 Å². The van der Waals surface area contributed by atoms with Crippen LogP contribution >= 0.6 is 0 Å². The number of hydrogen-bond acceptors (Lipinski definition) is 3. The molecule has 0 saturated carbocycles. The van der Waals surface area contributed by atoms with Gasteiger partial charge in [-0.15, -0.1) is 0 Å². The topological polar surface area (TPSA) is 78.5 Å². The number of amides is 3. The van der Waals surface area contributed by atoms with E-state index < -0.39 is 6.04 Å². The molecule has 152 valence electrons. The number of hydrogen-bond donors (Lipinski definition) is 2. The van der Waals surface area contributed by atoms with Crippen LogP contribution in [0.4, 0.5) is 5.69 Å². The number of nitrogens with zero attached hydrogens (tertiary/aromatic N) is 1. The molecule has 6 nitrogen and oxygen atoms in total. The first-order chi connectivity index (χ1) is 13.8. The Kier molecular flexibility index (Phi) is 7.71. The molecule has 0 aliphatic rings. The molecule has 1 unspecified atom stereocenters. The normalized spacial score (nSPS) is 11.7. The number of anilines is 1. The van der Waals surface area contributed by atoms with Crippen molar-refractivity contribution in [1.29, 1.82) is 0 Å². The molecule has 0 radical (unpaired) electrons. The van der Waals surface area contributed by atoms with Crippen molar-refractivity contribution < 1.29 is 14.4 Å². The highest BCUT2D eigenvalue weighted by Gasteiger charge is 2.20. The van der Waals surface area contributed by atoms with Gasteiger partial charge in [0.25, 0.3) is 0 Å². The van der Waals surface area contributed by atoms with Crippen LogP contribution in [-0.2, 0) is 14.4 Å². The Bertz CT molecular complexity index is 907. The Hall–Kier alpha value is -3.41. The number of benzene rings is 2. The van der Waals surface area contributed by atoms with Crippen molar-refractivity contribution in [3.05, 3.63) is 71.3 Å². The second kappa shape index (κ2) is 10.2. The fourth-order valence-electron chi connectivity index (χ4n) is 2.76. The molecule has 0 spiro atoms. The molecule has 2 aromatic carbocycles. The largest absolute Gasteiger partial charge is 0.341 e. The Morgan fingerprint density at radius 3 is 2.41 bits per heavy atom. The van der Waals surface area contributed by atoms with Gasteiger partial charge in [0, 0.05) is 18.8 Å². The fourth-order valence-corrected chi connectivity index (χ4v) is 2.76. The lowest BCUT2D eigenvalue weighted by Gasteiger charge is -2.21. The van der Waals surface area contributed by atoms with Gasteiger partial charge in [0.05, 0.1) is 6.54 Å². The molecule has 0 aliphatic carbocycles. The number of nitrogens with one attached hydrogen (secondary N) is 2. The third-order valence-corrected chi connectivity index (χ3v) is 4.59. The molecule has 0 aliphatic heterocycles. The van der Waals surface area contributed by atoms with Gasteiger partial charge in [-0.1, -0.05) is 42.5 Å². The molecule has 1 atom stereocenters. The highest BCUT2D eigenvalue weighted by molar-refractivity contribution is 5.98. The molecule has 6 heteroatoms. The Balaban J connectivity index is 1.86. The minimum Gasteiger partial charge on any atom is -0.341 e. The third kappa shape index (κ3) is 6.60. The molecular formula is C23H27N3O3. The summed E-state index contributed by atoms with van der Waals surface area (Å²) in [6.45, 7) is 5.39. The predicted molar refractivity (Wildman–Crippen MR) is 115 cm³/mol. The second-order valence-electron chi connectivity index (χ2n) is 6.96. The van der Waals surface area contributed by atoms with Gasteiger partial charge in [0.1, 0.15) is 6.04 Å². The van der Waals surface area contributed by atoms with Crippen LogP contribution in [0.1, 0.15) is 23.6 Å². The lowest BCUT2D eigenvalue weighted by Crippen LogP contribution is -2.47. The molecule has 29 heavy (non-hydrogen) atoms. The highest BCUT2D eigenvalue weighted by atomic mass is 16.2. The molecule has 3 amide bonds. The van der Waals surface area contributed by atoms with Crippen molar-refractivity contribution in [1.82, 2.24) is 10.2 Å². The van der Waals surface area contributed by atoms with Crippen molar-refractivity contribution in [2.75, 3.05) is 18.9 Å². The van der Waals surface area contributed by atoms with Gasteiger partial charge in [0.15, 0.2) is 0 Å². The van der Waals surface area contributed by atoms with E-state index in [1.165, 1.54) is 18.0 Å². The Morgan fingerprint density at radius 1 is 1.03 bits per heavy atom. The zero-order valence-corrected chi connectivity index (χ0v) is 17.2. The molecule has 0 saturated heterocycles. The van der Waals surface area contributed by atoms with Gasteiger partial charge < -0.3 is 15.5 Å². The lowest BCUT2D eigenvalue weighted by atomic mass is 10.1. The van der Waals surface area contributed by atoms with Gasteiger partial charge in [0.2, 0.25) is 17.7 Å². The first-order valence-electron chi connectivity index (χ1n) is 9.42. The quantitative estimate of drug-likeness (QED) is 0.710. The van der Waals surface area contributed by atoms with Crippen molar-refractivity contribution in [2.24, 2.45) is 0 Å². The summed E-state index contributed by atoms with van der Waals surface area (Å²) < 4.78 is 0. The summed E-state index contributed by atoms with van der Waals surface area (Å²) >= 11 is 0. The molecule has 2 aromatic rings. The fraction of sp³-hybridized carbons (Fsp3) is 0.261. The summed E-state index contributed by atoms with van der Waals surface area (Å²) in [6.07, 6.45) is 3.06. The van der Waals surface area contributed by atoms with Crippen molar-refractivity contribution in [3.63, 3.8) is 0 Å². The van der Waals surface area contributed by atoms with Crippen LogP contribution in [0, 0.1) is 13.8 Å². The molecule has 0 fully saturated rings. The smallest absolute Gasteiger partial charge is 0.245 e. The summed E-state index contributed by atoms with van der Waals surface area (Å²) in [5.74, 6) is -1.01. The molecule has 2 rings (SSSR count). The van der Waals surface area contributed by atoms with Gasteiger partial charge in [-0.05, 0) is 49.6 Å². The van der Waals surface area contributed by atoms with E-state index in [1.807, 2.05) is 62.4 Å². The zero-order valence-electron chi connectivity index (χ0n) is 17.2. The van der Waals surface area contributed by atoms with E-state index >= 15 is 0 Å². The predicted octanol–water partition coefficient (Wildman–Crippen LogP) is 2.92. The van der Waals surface area contributed by atoms with Crippen LogP contribution in [0.3, 0.4) is 0 Å². The van der Waals surface area contributed by atoms with Gasteiger partial charge >= 0.3 is 0 Å². The maximum Gasteiger partial charge on any atom is 0.245 e. The Labute approximate surface area is 171 Å². The van der Waals surface area contributed by atoms with Crippen molar-refractivity contribution in [3.8, 4) is 0 Å². The summed E-state index contributed by atoms with van der Waals surface area (Å²) in [5, 5.41) is 5.45. The number of carbonyl (C=O) groups excluding carboxylic acids is 3. The maximum atomic E-state index is 12.5. The monoisotopic (exact) mass is 393 g/mol. The summed E-state index contributed by atoms with van der Waals surface area (Å²) in [4.78, 5) is 38.1. The number of rotatable bonds is 7. The van der Waals surface area contributed by atoms with Crippen LogP contribution < -0.4 is 10.6 Å². The van der Waals surface area contributed by atoms with Crippen molar-refractivity contribution >= 4 is 29.5 Å². The van der Waals surface area contributed by atoms with Crippen molar-refractivity contribution in [2.45, 2.75) is 26.8 Å². The minimum absolute atomic E-state index is 0.105. The first-order valence-corrected chi connectivity index (χ1v) is 9.42. The van der Waals surface area contributed by atoms with E-state index in [0.29, 0.717) is 0 Å². The molecule has 0 bridgehead atoms. The number of likely N-dealkylation sites (N-methyl/N-ethyl adjacent to an activating group) is 1.